The molecule has 0 spiro atoms. The minimum atomic E-state index is -0.266. The second-order valence-electron chi connectivity index (χ2n) is 7.20. The smallest absolute Gasteiger partial charge is 0.107 e. The minimum absolute atomic E-state index is 0.0627. The summed E-state index contributed by atoms with van der Waals surface area (Å²) in [5.41, 5.74) is 0. The molecular weight excluding hydrogens is 276 g/mol. The average molecular weight is 312 g/mol. The summed E-state index contributed by atoms with van der Waals surface area (Å²) in [5.74, 6) is 0. The predicted octanol–water partition coefficient (Wildman–Crippen LogP) is 4.60. The van der Waals surface area contributed by atoms with Crippen LogP contribution in [0.25, 0.3) is 0 Å². The van der Waals surface area contributed by atoms with Crippen molar-refractivity contribution in [3.63, 3.8) is 0 Å². The Morgan fingerprint density at radius 3 is 2.05 bits per heavy atom. The fourth-order valence-electron chi connectivity index (χ4n) is 3.54. The van der Waals surface area contributed by atoms with E-state index < -0.39 is 0 Å². The Kier molecular flexibility index (Phi) is 8.79. The predicted molar refractivity (Wildman–Crippen MR) is 90.1 cm³/mol. The molecule has 0 aliphatic carbocycles. The number of aliphatic hydroxyl groups is 1. The van der Waals surface area contributed by atoms with E-state index in [0.29, 0.717) is 6.10 Å². The van der Waals surface area contributed by atoms with Gasteiger partial charge < -0.3 is 14.6 Å². The first-order valence-electron chi connectivity index (χ1n) is 9.76. The highest BCUT2D eigenvalue weighted by Gasteiger charge is 2.40. The van der Waals surface area contributed by atoms with Crippen LogP contribution >= 0.6 is 0 Å². The molecule has 0 aromatic rings. The van der Waals surface area contributed by atoms with Crippen LogP contribution < -0.4 is 0 Å². The standard InChI is InChI=1S/C19H36O3/c1-2-3-4-5-6-7-8-9-10-11-12-16(20)17-13-14-18(22-17)19-15-21-19/h16-20H,2-15H2,1H3/t16-,17-,18-,19+/m0/s1. The van der Waals surface area contributed by atoms with E-state index in [9.17, 15) is 5.11 Å². The number of rotatable bonds is 13. The topological polar surface area (TPSA) is 42.0 Å². The highest BCUT2D eigenvalue weighted by Crippen LogP contribution is 2.31. The Hall–Kier alpha value is -0.120. The lowest BCUT2D eigenvalue weighted by Gasteiger charge is -2.18. The van der Waals surface area contributed by atoms with E-state index in [1.165, 1.54) is 57.8 Å². The van der Waals surface area contributed by atoms with E-state index in [2.05, 4.69) is 6.92 Å². The molecule has 2 aliphatic heterocycles. The summed E-state index contributed by atoms with van der Waals surface area (Å²) in [6, 6.07) is 0. The minimum Gasteiger partial charge on any atom is -0.390 e. The van der Waals surface area contributed by atoms with E-state index >= 15 is 0 Å². The maximum Gasteiger partial charge on any atom is 0.107 e. The zero-order valence-corrected chi connectivity index (χ0v) is 14.5. The molecule has 2 aliphatic rings. The molecule has 130 valence electrons. The summed E-state index contributed by atoms with van der Waals surface area (Å²) in [4.78, 5) is 0. The van der Waals surface area contributed by atoms with Crippen molar-refractivity contribution >= 4 is 0 Å². The Morgan fingerprint density at radius 1 is 0.864 bits per heavy atom. The van der Waals surface area contributed by atoms with Gasteiger partial charge in [0.15, 0.2) is 0 Å². The molecule has 2 rings (SSSR count). The van der Waals surface area contributed by atoms with Crippen molar-refractivity contribution in [2.24, 2.45) is 0 Å². The normalized spacial score (nSPS) is 28.9. The SMILES string of the molecule is CCCCCCCCCCCC[C@H](O)[C@@H]1CC[C@@H]([C@H]2CO2)O1. The molecule has 0 saturated carbocycles. The summed E-state index contributed by atoms with van der Waals surface area (Å²) in [6.07, 6.45) is 16.8. The zero-order chi connectivity index (χ0) is 15.6. The monoisotopic (exact) mass is 312 g/mol. The van der Waals surface area contributed by atoms with Crippen molar-refractivity contribution in [1.82, 2.24) is 0 Å². The second kappa shape index (κ2) is 10.6. The quantitative estimate of drug-likeness (QED) is 0.399. The van der Waals surface area contributed by atoms with Crippen LogP contribution in [0.3, 0.4) is 0 Å². The zero-order valence-electron chi connectivity index (χ0n) is 14.5. The molecule has 2 heterocycles. The van der Waals surface area contributed by atoms with E-state index in [0.717, 1.165) is 32.3 Å². The first-order chi connectivity index (χ1) is 10.8. The first-order valence-corrected chi connectivity index (χ1v) is 9.76. The van der Waals surface area contributed by atoms with Gasteiger partial charge in [0.05, 0.1) is 24.9 Å². The van der Waals surface area contributed by atoms with Crippen LogP contribution in [0.2, 0.25) is 0 Å². The van der Waals surface area contributed by atoms with E-state index in [1.54, 1.807) is 0 Å². The van der Waals surface area contributed by atoms with E-state index in [1.807, 2.05) is 0 Å². The highest BCUT2D eigenvalue weighted by atomic mass is 16.6. The van der Waals surface area contributed by atoms with Gasteiger partial charge in [-0.15, -0.1) is 0 Å². The van der Waals surface area contributed by atoms with Gasteiger partial charge in [0.2, 0.25) is 0 Å². The van der Waals surface area contributed by atoms with Crippen molar-refractivity contribution < 1.29 is 14.6 Å². The summed E-state index contributed by atoms with van der Waals surface area (Å²) >= 11 is 0. The van der Waals surface area contributed by atoms with Gasteiger partial charge in [-0.25, -0.2) is 0 Å². The Labute approximate surface area is 136 Å². The van der Waals surface area contributed by atoms with Crippen LogP contribution in [0.15, 0.2) is 0 Å². The van der Waals surface area contributed by atoms with Crippen molar-refractivity contribution in [1.29, 1.82) is 0 Å². The average Bonchev–Trinajstić information content (AvgIpc) is 3.26. The third-order valence-electron chi connectivity index (χ3n) is 5.14. The molecule has 4 atom stereocenters. The van der Waals surface area contributed by atoms with Crippen LogP contribution in [0, 0.1) is 0 Å². The largest absolute Gasteiger partial charge is 0.390 e. The summed E-state index contributed by atoms with van der Waals surface area (Å²) in [7, 11) is 0. The molecule has 2 fully saturated rings. The molecule has 22 heavy (non-hydrogen) atoms. The number of aliphatic hydroxyl groups excluding tert-OH is 1. The Bertz CT molecular complexity index is 278. The maximum absolute atomic E-state index is 10.2. The van der Waals surface area contributed by atoms with Gasteiger partial charge in [-0.2, -0.15) is 0 Å². The first kappa shape index (κ1) is 18.2. The third-order valence-corrected chi connectivity index (χ3v) is 5.14. The molecule has 3 heteroatoms. The van der Waals surface area contributed by atoms with Crippen LogP contribution in [0.4, 0.5) is 0 Å². The van der Waals surface area contributed by atoms with Gasteiger partial charge in [-0.1, -0.05) is 71.1 Å². The fourth-order valence-corrected chi connectivity index (χ4v) is 3.54. The van der Waals surface area contributed by atoms with Gasteiger partial charge >= 0.3 is 0 Å². The third kappa shape index (κ3) is 6.97. The van der Waals surface area contributed by atoms with Crippen molar-refractivity contribution in [3.05, 3.63) is 0 Å². The van der Waals surface area contributed by atoms with Gasteiger partial charge in [-0.3, -0.25) is 0 Å². The van der Waals surface area contributed by atoms with E-state index in [4.69, 9.17) is 9.47 Å². The number of epoxide rings is 1. The van der Waals surface area contributed by atoms with Crippen LogP contribution in [0.5, 0.6) is 0 Å². The lowest BCUT2D eigenvalue weighted by Crippen LogP contribution is -2.27. The van der Waals surface area contributed by atoms with Gasteiger partial charge in [0, 0.05) is 0 Å². The van der Waals surface area contributed by atoms with Gasteiger partial charge in [0.1, 0.15) is 6.10 Å². The lowest BCUT2D eigenvalue weighted by molar-refractivity contribution is -0.0443. The molecular formula is C19H36O3. The molecule has 1 N–H and O–H groups in total. The number of ether oxygens (including phenoxy) is 2. The van der Waals surface area contributed by atoms with Gasteiger partial charge in [0.25, 0.3) is 0 Å². The molecule has 2 saturated heterocycles. The molecule has 0 aromatic carbocycles. The van der Waals surface area contributed by atoms with Crippen LogP contribution in [-0.4, -0.2) is 36.1 Å². The molecule has 0 unspecified atom stereocenters. The number of unbranched alkanes of at least 4 members (excludes halogenated alkanes) is 9. The number of hydrogen-bond donors (Lipinski definition) is 1. The maximum atomic E-state index is 10.2. The Balaban J connectivity index is 1.37. The molecule has 0 amide bonds. The fraction of sp³-hybridized carbons (Fsp3) is 1.00. The van der Waals surface area contributed by atoms with Crippen molar-refractivity contribution in [3.8, 4) is 0 Å². The molecule has 3 nitrogen and oxygen atoms in total. The van der Waals surface area contributed by atoms with Crippen molar-refractivity contribution in [2.75, 3.05) is 6.61 Å². The summed E-state index contributed by atoms with van der Waals surface area (Å²) in [5, 5.41) is 10.2. The van der Waals surface area contributed by atoms with Crippen molar-refractivity contribution in [2.45, 2.75) is 115 Å². The van der Waals surface area contributed by atoms with Crippen LogP contribution in [-0.2, 0) is 9.47 Å². The van der Waals surface area contributed by atoms with E-state index in [-0.39, 0.29) is 18.3 Å². The van der Waals surface area contributed by atoms with Crippen LogP contribution in [0.1, 0.15) is 90.4 Å². The summed E-state index contributed by atoms with van der Waals surface area (Å²) < 4.78 is 11.2. The number of hydrogen-bond acceptors (Lipinski definition) is 3. The molecule has 0 bridgehead atoms. The Morgan fingerprint density at radius 2 is 1.45 bits per heavy atom. The van der Waals surface area contributed by atoms with Gasteiger partial charge in [-0.05, 0) is 19.3 Å². The molecule has 0 radical (unpaired) electrons. The second-order valence-corrected chi connectivity index (χ2v) is 7.20. The lowest BCUT2D eigenvalue weighted by atomic mass is 10.0. The summed E-state index contributed by atoms with van der Waals surface area (Å²) in [6.45, 7) is 3.12. The molecule has 0 aromatic heterocycles. The highest BCUT2D eigenvalue weighted by molar-refractivity contribution is 4.88.